The lowest BCUT2D eigenvalue weighted by Gasteiger charge is -2.23. The van der Waals surface area contributed by atoms with Crippen molar-refractivity contribution in [2.24, 2.45) is 0 Å². The third kappa shape index (κ3) is 9.02. The quantitative estimate of drug-likeness (QED) is 0.741. The topological polar surface area (TPSA) is 43.4 Å². The molecule has 0 aromatic carbocycles. The van der Waals surface area contributed by atoms with Crippen molar-refractivity contribution in [2.45, 2.75) is 51.1 Å². The first-order valence-corrected chi connectivity index (χ1v) is 5.75. The number of esters is 1. The molecule has 0 fully saturated rings. The fourth-order valence-corrected chi connectivity index (χ4v) is 1.77. The molecule has 0 aliphatic rings. The molecule has 7 heteroatoms. The average Bonchev–Trinajstić information content (AvgIpc) is 1.95. The second-order valence-corrected chi connectivity index (χ2v) is 5.83. The van der Waals surface area contributed by atoms with Crippen LogP contribution in [0.2, 0.25) is 0 Å². The molecular formula is C10H15F3O3S. The van der Waals surface area contributed by atoms with Crippen LogP contribution in [0.1, 0.15) is 34.1 Å². The van der Waals surface area contributed by atoms with Gasteiger partial charge in [0.25, 0.3) is 0 Å². The molecular weight excluding hydrogens is 257 g/mol. The van der Waals surface area contributed by atoms with Crippen molar-refractivity contribution in [3.05, 3.63) is 0 Å². The van der Waals surface area contributed by atoms with Gasteiger partial charge in [0, 0.05) is 6.92 Å². The van der Waals surface area contributed by atoms with Crippen LogP contribution in [-0.2, 0) is 14.3 Å². The molecule has 0 spiro atoms. The SMILES string of the molecule is CC(=O)S[C@H](CC(F)(F)F)C(=O)OC(C)(C)C. The van der Waals surface area contributed by atoms with Crippen LogP contribution >= 0.6 is 11.8 Å². The predicted molar refractivity (Wildman–Crippen MR) is 58.6 cm³/mol. The van der Waals surface area contributed by atoms with E-state index in [0.29, 0.717) is 11.8 Å². The van der Waals surface area contributed by atoms with E-state index in [4.69, 9.17) is 4.74 Å². The Labute approximate surface area is 102 Å². The van der Waals surface area contributed by atoms with Gasteiger partial charge >= 0.3 is 12.1 Å². The van der Waals surface area contributed by atoms with Gasteiger partial charge in [0.15, 0.2) is 5.12 Å². The first-order valence-electron chi connectivity index (χ1n) is 4.87. The highest BCUT2D eigenvalue weighted by Crippen LogP contribution is 2.30. The minimum absolute atomic E-state index is 0.342. The van der Waals surface area contributed by atoms with Crippen LogP contribution in [0.15, 0.2) is 0 Å². The Morgan fingerprint density at radius 1 is 1.24 bits per heavy atom. The predicted octanol–water partition coefficient (Wildman–Crippen LogP) is 2.93. The summed E-state index contributed by atoms with van der Waals surface area (Å²) in [6.45, 7) is 5.76. The Kier molecular flexibility index (Phi) is 5.51. The highest BCUT2D eigenvalue weighted by molar-refractivity contribution is 8.14. The maximum Gasteiger partial charge on any atom is 0.390 e. The molecule has 0 aromatic heterocycles. The highest BCUT2D eigenvalue weighted by atomic mass is 32.2. The van der Waals surface area contributed by atoms with E-state index in [2.05, 4.69) is 0 Å². The molecule has 0 heterocycles. The first kappa shape index (κ1) is 16.3. The largest absolute Gasteiger partial charge is 0.459 e. The van der Waals surface area contributed by atoms with Crippen LogP contribution < -0.4 is 0 Å². The summed E-state index contributed by atoms with van der Waals surface area (Å²) in [6.07, 6.45) is -5.88. The molecule has 0 saturated heterocycles. The third-order valence-corrected chi connectivity index (χ3v) is 2.37. The van der Waals surface area contributed by atoms with Crippen LogP contribution in [0, 0.1) is 0 Å². The number of alkyl halides is 3. The van der Waals surface area contributed by atoms with Gasteiger partial charge < -0.3 is 4.74 Å². The van der Waals surface area contributed by atoms with E-state index in [9.17, 15) is 22.8 Å². The molecule has 0 saturated carbocycles. The summed E-state index contributed by atoms with van der Waals surface area (Å²) >= 11 is 0.342. The molecule has 0 amide bonds. The zero-order valence-electron chi connectivity index (χ0n) is 10.1. The lowest BCUT2D eigenvalue weighted by atomic mass is 10.2. The van der Waals surface area contributed by atoms with E-state index in [0.717, 1.165) is 6.92 Å². The van der Waals surface area contributed by atoms with Gasteiger partial charge in [-0.3, -0.25) is 9.59 Å². The number of ether oxygens (including phenoxy) is 1. The van der Waals surface area contributed by atoms with E-state index in [1.165, 1.54) is 0 Å². The van der Waals surface area contributed by atoms with Crippen molar-refractivity contribution in [1.82, 2.24) is 0 Å². The van der Waals surface area contributed by atoms with Gasteiger partial charge in [0.1, 0.15) is 10.9 Å². The fraction of sp³-hybridized carbons (Fsp3) is 0.800. The molecule has 1 atom stereocenters. The van der Waals surface area contributed by atoms with Crippen LogP contribution in [0.3, 0.4) is 0 Å². The zero-order chi connectivity index (χ0) is 13.9. The van der Waals surface area contributed by atoms with Gasteiger partial charge in [0.05, 0.1) is 6.42 Å². The summed E-state index contributed by atoms with van der Waals surface area (Å²) in [5, 5.41) is -2.09. The second-order valence-electron chi connectivity index (χ2n) is 4.45. The molecule has 0 bridgehead atoms. The Morgan fingerprint density at radius 3 is 2.00 bits per heavy atom. The Balaban J connectivity index is 4.68. The lowest BCUT2D eigenvalue weighted by molar-refractivity contribution is -0.164. The Bertz CT molecular complexity index is 294. The molecule has 0 aliphatic heterocycles. The van der Waals surface area contributed by atoms with Crippen molar-refractivity contribution in [1.29, 1.82) is 0 Å². The average molecular weight is 272 g/mol. The summed E-state index contributed by atoms with van der Waals surface area (Å²) in [5.41, 5.74) is -0.877. The third-order valence-electron chi connectivity index (χ3n) is 1.39. The van der Waals surface area contributed by atoms with Crippen molar-refractivity contribution in [3.63, 3.8) is 0 Å². The molecule has 0 radical (unpaired) electrons. The van der Waals surface area contributed by atoms with Gasteiger partial charge in [-0.1, -0.05) is 11.8 Å². The second kappa shape index (κ2) is 5.75. The molecule has 3 nitrogen and oxygen atoms in total. The zero-order valence-corrected chi connectivity index (χ0v) is 10.9. The van der Waals surface area contributed by atoms with Gasteiger partial charge in [-0.15, -0.1) is 0 Å². The summed E-state index contributed by atoms with van der Waals surface area (Å²) in [4.78, 5) is 22.3. The van der Waals surface area contributed by atoms with E-state index in [1.807, 2.05) is 0 Å². The monoisotopic (exact) mass is 272 g/mol. The van der Waals surface area contributed by atoms with E-state index >= 15 is 0 Å². The number of carbonyl (C=O) groups is 2. The molecule has 0 aliphatic carbocycles. The Hall–Kier alpha value is -0.720. The van der Waals surface area contributed by atoms with Crippen LogP contribution in [0.25, 0.3) is 0 Å². The van der Waals surface area contributed by atoms with Gasteiger partial charge in [-0.05, 0) is 20.8 Å². The standard InChI is InChI=1S/C10H15F3O3S/c1-6(14)17-7(5-10(11,12)13)8(15)16-9(2,3)4/h7H,5H2,1-4H3/t7-/m1/s1. The number of hydrogen-bond donors (Lipinski definition) is 0. The van der Waals surface area contributed by atoms with Crippen molar-refractivity contribution >= 4 is 22.8 Å². The normalized spacial score (nSPS) is 14.3. The molecule has 17 heavy (non-hydrogen) atoms. The first-order chi connectivity index (χ1) is 7.41. The molecule has 0 unspecified atom stereocenters. The number of rotatable bonds is 3. The van der Waals surface area contributed by atoms with Gasteiger partial charge in [-0.2, -0.15) is 13.2 Å². The van der Waals surface area contributed by atoms with Crippen LogP contribution in [-0.4, -0.2) is 28.1 Å². The molecule has 0 N–H and O–H groups in total. The number of carbonyl (C=O) groups excluding carboxylic acids is 2. The summed E-state index contributed by atoms with van der Waals surface area (Å²) < 4.78 is 41.5. The van der Waals surface area contributed by atoms with E-state index in [1.54, 1.807) is 20.8 Å². The minimum atomic E-state index is -4.51. The van der Waals surface area contributed by atoms with Gasteiger partial charge in [0.2, 0.25) is 0 Å². The van der Waals surface area contributed by atoms with Crippen LogP contribution in [0.4, 0.5) is 13.2 Å². The molecule has 0 aromatic rings. The molecule has 0 rings (SSSR count). The van der Waals surface area contributed by atoms with Crippen molar-refractivity contribution < 1.29 is 27.5 Å². The summed E-state index contributed by atoms with van der Waals surface area (Å²) in [6, 6.07) is 0. The number of hydrogen-bond acceptors (Lipinski definition) is 4. The lowest BCUT2D eigenvalue weighted by Crippen LogP contribution is -2.33. The van der Waals surface area contributed by atoms with E-state index < -0.39 is 34.5 Å². The highest BCUT2D eigenvalue weighted by Gasteiger charge is 2.38. The maximum absolute atomic E-state index is 12.2. The fourth-order valence-electron chi connectivity index (χ4n) is 0.951. The maximum atomic E-state index is 12.2. The smallest absolute Gasteiger partial charge is 0.390 e. The number of halogens is 3. The summed E-state index contributed by atoms with van der Waals surface area (Å²) in [5.74, 6) is -1.02. The van der Waals surface area contributed by atoms with Crippen LogP contribution in [0.5, 0.6) is 0 Å². The minimum Gasteiger partial charge on any atom is -0.459 e. The van der Waals surface area contributed by atoms with E-state index in [-0.39, 0.29) is 0 Å². The van der Waals surface area contributed by atoms with Crippen molar-refractivity contribution in [3.8, 4) is 0 Å². The molecule has 100 valence electrons. The van der Waals surface area contributed by atoms with Gasteiger partial charge in [-0.25, -0.2) is 0 Å². The summed E-state index contributed by atoms with van der Waals surface area (Å²) in [7, 11) is 0. The Morgan fingerprint density at radius 2 is 1.71 bits per heavy atom. The van der Waals surface area contributed by atoms with Crippen molar-refractivity contribution in [2.75, 3.05) is 0 Å². The number of thioether (sulfide) groups is 1.